The third kappa shape index (κ3) is 3.60. The summed E-state index contributed by atoms with van der Waals surface area (Å²) in [5.41, 5.74) is 5.49. The maximum Gasteiger partial charge on any atom is 0.421 e. The van der Waals surface area contributed by atoms with Crippen molar-refractivity contribution in [1.29, 1.82) is 0 Å². The highest BCUT2D eigenvalue weighted by molar-refractivity contribution is 5.56. The number of nitrogens with zero attached hydrogens (tertiary/aromatic N) is 2. The first kappa shape index (κ1) is 15.0. The van der Waals surface area contributed by atoms with E-state index >= 15 is 0 Å². The number of benzene rings is 1. The molecule has 0 spiro atoms. The highest BCUT2D eigenvalue weighted by Crippen LogP contribution is 2.32. The second kappa shape index (κ2) is 5.57. The number of anilines is 3. The van der Waals surface area contributed by atoms with E-state index in [9.17, 15) is 18.3 Å². The Bertz CT molecular complexity index is 626. The predicted octanol–water partition coefficient (Wildman–Crippen LogP) is 2.87. The zero-order valence-electron chi connectivity index (χ0n) is 11.0. The van der Waals surface area contributed by atoms with Crippen LogP contribution in [0.25, 0.3) is 0 Å². The predicted molar refractivity (Wildman–Crippen MR) is 71.8 cm³/mol. The molecule has 2 rings (SSSR count). The summed E-state index contributed by atoms with van der Waals surface area (Å²) in [6.45, 7) is 1.63. The van der Waals surface area contributed by atoms with Crippen LogP contribution >= 0.6 is 0 Å². The average molecular weight is 298 g/mol. The van der Waals surface area contributed by atoms with E-state index in [1.807, 2.05) is 0 Å². The minimum atomic E-state index is -4.58. The molecule has 21 heavy (non-hydrogen) atoms. The quantitative estimate of drug-likeness (QED) is 0.811. The van der Waals surface area contributed by atoms with E-state index in [0.717, 1.165) is 0 Å². The van der Waals surface area contributed by atoms with Crippen LogP contribution in [0, 0.1) is 0 Å². The number of aliphatic hydroxyl groups is 1. The summed E-state index contributed by atoms with van der Waals surface area (Å²) in [7, 11) is 0. The Morgan fingerprint density at radius 1 is 1.24 bits per heavy atom. The molecule has 2 aromatic rings. The normalized spacial score (nSPS) is 13.0. The maximum absolute atomic E-state index is 12.5. The highest BCUT2D eigenvalue weighted by atomic mass is 19.4. The Labute approximate surface area is 118 Å². The summed E-state index contributed by atoms with van der Waals surface area (Å²) in [6, 6.07) is 6.67. The van der Waals surface area contributed by atoms with E-state index in [-0.39, 0.29) is 5.95 Å². The van der Waals surface area contributed by atoms with Crippen molar-refractivity contribution in [2.45, 2.75) is 19.2 Å². The van der Waals surface area contributed by atoms with Gasteiger partial charge in [-0.3, -0.25) is 0 Å². The molecule has 0 saturated carbocycles. The maximum atomic E-state index is 12.5. The first-order valence-corrected chi connectivity index (χ1v) is 6.02. The first-order valence-electron chi connectivity index (χ1n) is 6.02. The van der Waals surface area contributed by atoms with Gasteiger partial charge in [0.15, 0.2) is 0 Å². The molecule has 1 unspecified atom stereocenters. The van der Waals surface area contributed by atoms with Crippen molar-refractivity contribution >= 4 is 17.5 Å². The lowest BCUT2D eigenvalue weighted by atomic mass is 10.1. The summed E-state index contributed by atoms with van der Waals surface area (Å²) in [4.78, 5) is 7.17. The molecule has 0 aliphatic rings. The third-order valence-electron chi connectivity index (χ3n) is 2.77. The smallest absolute Gasteiger partial charge is 0.389 e. The van der Waals surface area contributed by atoms with Gasteiger partial charge in [-0.25, -0.2) is 4.98 Å². The molecule has 5 nitrogen and oxygen atoms in total. The molecule has 1 aromatic carbocycles. The van der Waals surface area contributed by atoms with Gasteiger partial charge in [0.1, 0.15) is 11.4 Å². The minimum Gasteiger partial charge on any atom is -0.389 e. The molecule has 0 bridgehead atoms. The summed E-state index contributed by atoms with van der Waals surface area (Å²) in [5, 5.41) is 12.1. The Morgan fingerprint density at radius 3 is 2.33 bits per heavy atom. The van der Waals surface area contributed by atoms with Gasteiger partial charge in [-0.15, -0.1) is 0 Å². The average Bonchev–Trinajstić information content (AvgIpc) is 2.37. The SMILES string of the molecule is CC(O)c1ccc(Nc2ncc(C(F)(F)F)c(N)n2)cc1. The van der Waals surface area contributed by atoms with Crippen molar-refractivity contribution < 1.29 is 18.3 Å². The third-order valence-corrected chi connectivity index (χ3v) is 2.77. The lowest BCUT2D eigenvalue weighted by Gasteiger charge is -2.11. The van der Waals surface area contributed by atoms with Crippen molar-refractivity contribution in [1.82, 2.24) is 9.97 Å². The van der Waals surface area contributed by atoms with Gasteiger partial charge in [-0.2, -0.15) is 18.2 Å². The van der Waals surface area contributed by atoms with Crippen LogP contribution in [0.4, 0.5) is 30.6 Å². The number of nitrogen functional groups attached to an aromatic ring is 1. The van der Waals surface area contributed by atoms with Gasteiger partial charge in [0, 0.05) is 11.9 Å². The van der Waals surface area contributed by atoms with Crippen LogP contribution in [-0.4, -0.2) is 15.1 Å². The van der Waals surface area contributed by atoms with E-state index in [1.165, 1.54) is 0 Å². The fourth-order valence-corrected chi connectivity index (χ4v) is 1.65. The highest BCUT2D eigenvalue weighted by Gasteiger charge is 2.34. The van der Waals surface area contributed by atoms with Crippen molar-refractivity contribution in [3.8, 4) is 0 Å². The molecule has 8 heteroatoms. The van der Waals surface area contributed by atoms with Crippen LogP contribution in [0.15, 0.2) is 30.5 Å². The molecule has 112 valence electrons. The van der Waals surface area contributed by atoms with E-state index in [4.69, 9.17) is 5.73 Å². The Morgan fingerprint density at radius 2 is 1.86 bits per heavy atom. The van der Waals surface area contributed by atoms with Gasteiger partial charge in [0.25, 0.3) is 0 Å². The second-order valence-corrected chi connectivity index (χ2v) is 4.41. The molecule has 0 saturated heterocycles. The van der Waals surface area contributed by atoms with Gasteiger partial charge in [-0.05, 0) is 24.6 Å². The standard InChI is InChI=1S/C13H13F3N4O/c1-7(21)8-2-4-9(5-3-8)19-12-18-6-10(11(17)20-12)13(14,15)16/h2-7,21H,1H3,(H3,17,18,19,20). The molecule has 0 aliphatic carbocycles. The van der Waals surface area contributed by atoms with Gasteiger partial charge in [-0.1, -0.05) is 12.1 Å². The van der Waals surface area contributed by atoms with Gasteiger partial charge >= 0.3 is 6.18 Å². The Balaban J connectivity index is 2.18. The van der Waals surface area contributed by atoms with Crippen LogP contribution < -0.4 is 11.1 Å². The lowest BCUT2D eigenvalue weighted by molar-refractivity contribution is -0.137. The van der Waals surface area contributed by atoms with Crippen molar-refractivity contribution in [2.24, 2.45) is 0 Å². The molecule has 0 aliphatic heterocycles. The summed E-state index contributed by atoms with van der Waals surface area (Å²) < 4.78 is 37.6. The number of aromatic nitrogens is 2. The van der Waals surface area contributed by atoms with Crippen molar-refractivity contribution in [3.05, 3.63) is 41.6 Å². The number of nitrogens with two attached hydrogens (primary N) is 1. The fourth-order valence-electron chi connectivity index (χ4n) is 1.65. The first-order chi connectivity index (χ1) is 9.77. The fraction of sp³-hybridized carbons (Fsp3) is 0.231. The molecule has 1 heterocycles. The molecular formula is C13H13F3N4O. The van der Waals surface area contributed by atoms with Crippen LogP contribution in [0.5, 0.6) is 0 Å². The van der Waals surface area contributed by atoms with E-state index in [2.05, 4.69) is 15.3 Å². The van der Waals surface area contributed by atoms with E-state index in [0.29, 0.717) is 17.4 Å². The van der Waals surface area contributed by atoms with Gasteiger partial charge in [0.05, 0.1) is 6.10 Å². The zero-order valence-corrected chi connectivity index (χ0v) is 11.0. The van der Waals surface area contributed by atoms with Crippen molar-refractivity contribution in [3.63, 3.8) is 0 Å². The number of alkyl halides is 3. The Kier molecular flexibility index (Phi) is 3.99. The number of nitrogens with one attached hydrogen (secondary N) is 1. The minimum absolute atomic E-state index is 0.0368. The molecule has 0 radical (unpaired) electrons. The molecular weight excluding hydrogens is 285 g/mol. The monoisotopic (exact) mass is 298 g/mol. The summed E-state index contributed by atoms with van der Waals surface area (Å²) >= 11 is 0. The van der Waals surface area contributed by atoms with Crippen LogP contribution in [0.1, 0.15) is 24.2 Å². The van der Waals surface area contributed by atoms with Crippen LogP contribution in [-0.2, 0) is 6.18 Å². The zero-order chi connectivity index (χ0) is 15.6. The van der Waals surface area contributed by atoms with E-state index < -0.39 is 23.7 Å². The number of halogens is 3. The lowest BCUT2D eigenvalue weighted by Crippen LogP contribution is -2.12. The number of hydrogen-bond acceptors (Lipinski definition) is 5. The van der Waals surface area contributed by atoms with Crippen LogP contribution in [0.2, 0.25) is 0 Å². The topological polar surface area (TPSA) is 84.1 Å². The molecule has 0 fully saturated rings. The number of aliphatic hydroxyl groups excluding tert-OH is 1. The van der Waals surface area contributed by atoms with E-state index in [1.54, 1.807) is 31.2 Å². The van der Waals surface area contributed by atoms with Crippen molar-refractivity contribution in [2.75, 3.05) is 11.1 Å². The van der Waals surface area contributed by atoms with Gasteiger partial charge < -0.3 is 16.2 Å². The summed E-state index contributed by atoms with van der Waals surface area (Å²) in [5.74, 6) is -0.675. The molecule has 1 atom stereocenters. The Hall–Kier alpha value is -2.35. The molecule has 1 aromatic heterocycles. The van der Waals surface area contributed by atoms with Gasteiger partial charge in [0.2, 0.25) is 5.95 Å². The number of hydrogen-bond donors (Lipinski definition) is 3. The molecule has 4 N–H and O–H groups in total. The largest absolute Gasteiger partial charge is 0.421 e. The molecule has 0 amide bonds. The number of rotatable bonds is 3. The summed E-state index contributed by atoms with van der Waals surface area (Å²) in [6.07, 6.45) is -4.55. The van der Waals surface area contributed by atoms with Crippen LogP contribution in [0.3, 0.4) is 0 Å². The second-order valence-electron chi connectivity index (χ2n) is 4.41.